The number of hydrogen-bond acceptors (Lipinski definition) is 3. The van der Waals surface area contributed by atoms with Crippen molar-refractivity contribution >= 4 is 23.4 Å². The van der Waals surface area contributed by atoms with Crippen molar-refractivity contribution in [3.63, 3.8) is 0 Å². The molecule has 0 atom stereocenters. The second-order valence-electron chi connectivity index (χ2n) is 6.25. The van der Waals surface area contributed by atoms with Gasteiger partial charge in [0.2, 0.25) is 5.82 Å². The highest BCUT2D eigenvalue weighted by atomic mass is 19.4. The minimum absolute atomic E-state index is 0.0538. The predicted octanol–water partition coefficient (Wildman–Crippen LogP) is 5.13. The SMILES string of the molecule is CC1=NN(c2c(F)c(F)c(F)c(F)c2F)C(=O)/C1=C/c1ccc(OCC(F)(F)F)cc1. The molecule has 0 spiro atoms. The van der Waals surface area contributed by atoms with Crippen molar-refractivity contribution in [2.75, 3.05) is 11.6 Å². The van der Waals surface area contributed by atoms with E-state index >= 15 is 0 Å². The molecular formula is C19H10F8N2O2. The Morgan fingerprint density at radius 3 is 1.97 bits per heavy atom. The molecule has 164 valence electrons. The van der Waals surface area contributed by atoms with Crippen LogP contribution >= 0.6 is 0 Å². The number of ether oxygens (including phenoxy) is 1. The number of carbonyl (C=O) groups excluding carboxylic acids is 1. The highest BCUT2D eigenvalue weighted by molar-refractivity contribution is 6.32. The van der Waals surface area contributed by atoms with E-state index in [4.69, 9.17) is 0 Å². The first-order valence-electron chi connectivity index (χ1n) is 8.33. The topological polar surface area (TPSA) is 41.9 Å². The molecule has 0 saturated heterocycles. The smallest absolute Gasteiger partial charge is 0.422 e. The average Bonchev–Trinajstić information content (AvgIpc) is 2.98. The van der Waals surface area contributed by atoms with Gasteiger partial charge < -0.3 is 4.74 Å². The van der Waals surface area contributed by atoms with Gasteiger partial charge in [0, 0.05) is 0 Å². The van der Waals surface area contributed by atoms with Gasteiger partial charge >= 0.3 is 6.18 Å². The minimum atomic E-state index is -4.53. The number of halogens is 8. The third-order valence-corrected chi connectivity index (χ3v) is 4.05. The molecule has 0 aliphatic carbocycles. The lowest BCUT2D eigenvalue weighted by atomic mass is 10.1. The quantitative estimate of drug-likeness (QED) is 0.281. The van der Waals surface area contributed by atoms with Gasteiger partial charge in [-0.25, -0.2) is 22.0 Å². The Balaban J connectivity index is 1.89. The Morgan fingerprint density at radius 2 is 1.45 bits per heavy atom. The van der Waals surface area contributed by atoms with Crippen LogP contribution < -0.4 is 9.75 Å². The van der Waals surface area contributed by atoms with Gasteiger partial charge in [0.05, 0.1) is 11.3 Å². The molecule has 1 aliphatic heterocycles. The Labute approximate surface area is 169 Å². The number of rotatable bonds is 4. The summed E-state index contributed by atoms with van der Waals surface area (Å²) in [7, 11) is 0. The van der Waals surface area contributed by atoms with Crippen molar-refractivity contribution in [3.8, 4) is 5.75 Å². The second-order valence-corrected chi connectivity index (χ2v) is 6.25. The molecule has 3 rings (SSSR count). The van der Waals surface area contributed by atoms with Crippen molar-refractivity contribution in [3.05, 3.63) is 64.5 Å². The molecule has 1 amide bonds. The fourth-order valence-corrected chi connectivity index (χ4v) is 2.61. The van der Waals surface area contributed by atoms with Gasteiger partial charge in [-0.15, -0.1) is 0 Å². The maximum absolute atomic E-state index is 14.0. The minimum Gasteiger partial charge on any atom is -0.484 e. The maximum Gasteiger partial charge on any atom is 0.422 e. The van der Waals surface area contributed by atoms with Crippen molar-refractivity contribution in [1.82, 2.24) is 0 Å². The number of carbonyl (C=O) groups is 1. The second kappa shape index (κ2) is 8.00. The zero-order chi connectivity index (χ0) is 23.1. The van der Waals surface area contributed by atoms with Crippen LogP contribution in [0.5, 0.6) is 5.75 Å². The van der Waals surface area contributed by atoms with Gasteiger partial charge in [-0.3, -0.25) is 4.79 Å². The summed E-state index contributed by atoms with van der Waals surface area (Å²) >= 11 is 0. The first kappa shape index (κ1) is 22.2. The van der Waals surface area contributed by atoms with Crippen molar-refractivity contribution < 1.29 is 44.7 Å². The molecule has 2 aromatic rings. The van der Waals surface area contributed by atoms with Crippen LogP contribution in [0.15, 0.2) is 34.9 Å². The van der Waals surface area contributed by atoms with E-state index in [9.17, 15) is 39.9 Å². The maximum atomic E-state index is 14.0. The van der Waals surface area contributed by atoms with E-state index in [1.54, 1.807) is 0 Å². The first-order valence-corrected chi connectivity index (χ1v) is 8.33. The molecule has 0 aromatic heterocycles. The van der Waals surface area contributed by atoms with E-state index in [0.717, 1.165) is 0 Å². The Hall–Kier alpha value is -3.44. The summed E-state index contributed by atoms with van der Waals surface area (Å²) in [5.74, 6) is -12.6. The number of amides is 1. The summed E-state index contributed by atoms with van der Waals surface area (Å²) in [6, 6.07) is 4.96. The monoisotopic (exact) mass is 450 g/mol. The lowest BCUT2D eigenvalue weighted by Crippen LogP contribution is -2.25. The summed E-state index contributed by atoms with van der Waals surface area (Å²) in [5.41, 5.74) is -1.57. The van der Waals surface area contributed by atoms with Gasteiger partial charge in [0.15, 0.2) is 29.9 Å². The number of hydrogen-bond donors (Lipinski definition) is 0. The van der Waals surface area contributed by atoms with Gasteiger partial charge in [-0.1, -0.05) is 12.1 Å². The van der Waals surface area contributed by atoms with Gasteiger partial charge in [0.1, 0.15) is 11.4 Å². The molecule has 0 N–H and O–H groups in total. The number of hydrazone groups is 1. The molecule has 2 aromatic carbocycles. The molecule has 0 saturated carbocycles. The largest absolute Gasteiger partial charge is 0.484 e. The van der Waals surface area contributed by atoms with Gasteiger partial charge in [-0.2, -0.15) is 23.3 Å². The number of anilines is 1. The summed E-state index contributed by atoms with van der Waals surface area (Å²) in [4.78, 5) is 12.5. The molecular weight excluding hydrogens is 440 g/mol. The average molecular weight is 450 g/mol. The van der Waals surface area contributed by atoms with Crippen LogP contribution in [0, 0.1) is 29.1 Å². The van der Waals surface area contributed by atoms with Crippen LogP contribution in [0.3, 0.4) is 0 Å². The van der Waals surface area contributed by atoms with Crippen LogP contribution in [-0.4, -0.2) is 24.4 Å². The fraction of sp³-hybridized carbons (Fsp3) is 0.158. The number of alkyl halides is 3. The highest BCUT2D eigenvalue weighted by Crippen LogP contribution is 2.34. The zero-order valence-corrected chi connectivity index (χ0v) is 15.3. The Kier molecular flexibility index (Phi) is 5.74. The Morgan fingerprint density at radius 1 is 0.935 bits per heavy atom. The molecule has 31 heavy (non-hydrogen) atoms. The predicted molar refractivity (Wildman–Crippen MR) is 92.8 cm³/mol. The van der Waals surface area contributed by atoms with E-state index < -0.39 is 53.5 Å². The van der Waals surface area contributed by atoms with Crippen LogP contribution in [0.25, 0.3) is 6.08 Å². The van der Waals surface area contributed by atoms with Crippen LogP contribution in [0.4, 0.5) is 40.8 Å². The lowest BCUT2D eigenvalue weighted by molar-refractivity contribution is -0.153. The Bertz CT molecular complexity index is 1080. The molecule has 1 aliphatic rings. The first-order chi connectivity index (χ1) is 14.4. The lowest BCUT2D eigenvalue weighted by Gasteiger charge is -2.15. The van der Waals surface area contributed by atoms with Gasteiger partial charge in [-0.05, 0) is 30.7 Å². The third-order valence-electron chi connectivity index (χ3n) is 4.05. The zero-order valence-electron chi connectivity index (χ0n) is 15.3. The summed E-state index contributed by atoms with van der Waals surface area (Å²) in [6.45, 7) is -0.245. The normalized spacial score (nSPS) is 15.6. The molecule has 0 bridgehead atoms. The van der Waals surface area contributed by atoms with Crippen molar-refractivity contribution in [2.45, 2.75) is 13.1 Å². The molecule has 0 fully saturated rings. The number of nitrogens with zero attached hydrogens (tertiary/aromatic N) is 2. The van der Waals surface area contributed by atoms with Crippen LogP contribution in [0.1, 0.15) is 12.5 Å². The fourth-order valence-electron chi connectivity index (χ4n) is 2.61. The van der Waals surface area contributed by atoms with Gasteiger partial charge in [0.25, 0.3) is 5.91 Å². The van der Waals surface area contributed by atoms with Crippen LogP contribution in [-0.2, 0) is 4.79 Å². The van der Waals surface area contributed by atoms with E-state index in [1.165, 1.54) is 37.3 Å². The van der Waals surface area contributed by atoms with E-state index in [0.29, 0.717) is 0 Å². The highest BCUT2D eigenvalue weighted by Gasteiger charge is 2.37. The molecule has 0 radical (unpaired) electrons. The summed E-state index contributed by atoms with van der Waals surface area (Å²) in [6.07, 6.45) is -3.35. The standard InChI is InChI=1S/C19H10F8N2O2/c1-8-11(6-9-2-4-10(5-3-9)31-7-19(25,26)27)18(30)29(28-8)17-15(23)13(21)12(20)14(22)16(17)24/h2-6H,7H2,1H3/b11-6+. The molecule has 4 nitrogen and oxygen atoms in total. The van der Waals surface area contributed by atoms with E-state index in [1.807, 2.05) is 0 Å². The van der Waals surface area contributed by atoms with E-state index in [2.05, 4.69) is 9.84 Å². The van der Waals surface area contributed by atoms with Crippen molar-refractivity contribution in [1.29, 1.82) is 0 Å². The third kappa shape index (κ3) is 4.37. The summed E-state index contributed by atoms with van der Waals surface area (Å²) in [5, 5.41) is 3.63. The van der Waals surface area contributed by atoms with E-state index in [-0.39, 0.29) is 27.6 Å². The molecule has 12 heteroatoms. The van der Waals surface area contributed by atoms with Crippen molar-refractivity contribution in [2.24, 2.45) is 5.10 Å². The molecule has 1 heterocycles. The van der Waals surface area contributed by atoms with Crippen LogP contribution in [0.2, 0.25) is 0 Å². The molecule has 0 unspecified atom stereocenters. The summed E-state index contributed by atoms with van der Waals surface area (Å²) < 4.78 is 109. The number of benzene rings is 2.